The summed E-state index contributed by atoms with van der Waals surface area (Å²) in [5, 5.41) is 0. The molecule has 2 heteroatoms. The second kappa shape index (κ2) is 6.21. The zero-order chi connectivity index (χ0) is 14.7. The smallest absolute Gasteiger partial charge is 0.119 e. The Balaban J connectivity index is 1.90. The third-order valence-electron chi connectivity index (χ3n) is 3.78. The van der Waals surface area contributed by atoms with Gasteiger partial charge in [-0.05, 0) is 65.8 Å². The van der Waals surface area contributed by atoms with E-state index in [4.69, 9.17) is 9.47 Å². The Hall–Kier alpha value is -1.96. The SMILES string of the molecule is CCCOc1ccc2c(c1)-c1cc(OCCC)ccc1C2. The highest BCUT2D eigenvalue weighted by Gasteiger charge is 2.19. The second-order valence-electron chi connectivity index (χ2n) is 5.51. The van der Waals surface area contributed by atoms with Crippen molar-refractivity contribution in [3.63, 3.8) is 0 Å². The molecule has 21 heavy (non-hydrogen) atoms. The van der Waals surface area contributed by atoms with Crippen molar-refractivity contribution in [2.24, 2.45) is 0 Å². The van der Waals surface area contributed by atoms with Gasteiger partial charge in [0.15, 0.2) is 0 Å². The number of hydrogen-bond acceptors (Lipinski definition) is 2. The predicted molar refractivity (Wildman–Crippen MR) is 86.3 cm³/mol. The van der Waals surface area contributed by atoms with Crippen molar-refractivity contribution >= 4 is 0 Å². The summed E-state index contributed by atoms with van der Waals surface area (Å²) in [5.74, 6) is 1.92. The van der Waals surface area contributed by atoms with E-state index in [1.54, 1.807) is 0 Å². The van der Waals surface area contributed by atoms with Crippen molar-refractivity contribution in [1.29, 1.82) is 0 Å². The molecule has 2 nitrogen and oxygen atoms in total. The summed E-state index contributed by atoms with van der Waals surface area (Å²) in [6.45, 7) is 5.79. The molecule has 2 aromatic carbocycles. The summed E-state index contributed by atoms with van der Waals surface area (Å²) in [6.07, 6.45) is 3.07. The van der Waals surface area contributed by atoms with Crippen LogP contribution in [-0.2, 0) is 6.42 Å². The monoisotopic (exact) mass is 282 g/mol. The minimum atomic E-state index is 0.769. The summed E-state index contributed by atoms with van der Waals surface area (Å²) < 4.78 is 11.5. The molecule has 0 fully saturated rings. The van der Waals surface area contributed by atoms with E-state index in [-0.39, 0.29) is 0 Å². The Labute approximate surface area is 126 Å². The van der Waals surface area contributed by atoms with Crippen LogP contribution in [0.1, 0.15) is 37.8 Å². The largest absolute Gasteiger partial charge is 0.494 e. The lowest BCUT2D eigenvalue weighted by Crippen LogP contribution is -1.96. The molecule has 0 saturated carbocycles. The van der Waals surface area contributed by atoms with Crippen molar-refractivity contribution in [2.45, 2.75) is 33.1 Å². The molecule has 0 spiro atoms. The van der Waals surface area contributed by atoms with E-state index in [0.717, 1.165) is 44.0 Å². The first-order chi connectivity index (χ1) is 10.3. The maximum absolute atomic E-state index is 5.76. The van der Waals surface area contributed by atoms with Crippen LogP contribution >= 0.6 is 0 Å². The third kappa shape index (κ3) is 2.90. The molecule has 2 aromatic rings. The standard InChI is InChI=1S/C19H22O2/c1-3-9-20-16-7-5-14-11-15-6-8-17(21-10-4-2)13-19(15)18(14)12-16/h5-8,12-13H,3-4,9-11H2,1-2H3. The number of rotatable bonds is 6. The number of fused-ring (bicyclic) bond motifs is 3. The molecule has 0 saturated heterocycles. The lowest BCUT2D eigenvalue weighted by molar-refractivity contribution is 0.317. The highest BCUT2D eigenvalue weighted by atomic mass is 16.5. The van der Waals surface area contributed by atoms with Gasteiger partial charge >= 0.3 is 0 Å². The third-order valence-corrected chi connectivity index (χ3v) is 3.78. The van der Waals surface area contributed by atoms with Gasteiger partial charge in [0.25, 0.3) is 0 Å². The van der Waals surface area contributed by atoms with Crippen LogP contribution < -0.4 is 9.47 Å². The minimum absolute atomic E-state index is 0.769. The van der Waals surface area contributed by atoms with Gasteiger partial charge in [-0.1, -0.05) is 26.0 Å². The van der Waals surface area contributed by atoms with Gasteiger partial charge in [0.1, 0.15) is 11.5 Å². The molecule has 0 heterocycles. The Morgan fingerprint density at radius 2 is 1.24 bits per heavy atom. The van der Waals surface area contributed by atoms with Gasteiger partial charge in [0.05, 0.1) is 13.2 Å². The molecule has 1 aliphatic carbocycles. The van der Waals surface area contributed by atoms with Crippen LogP contribution in [0.5, 0.6) is 11.5 Å². The molecule has 0 N–H and O–H groups in total. The van der Waals surface area contributed by atoms with Gasteiger partial charge in [-0.3, -0.25) is 0 Å². The van der Waals surface area contributed by atoms with Gasteiger partial charge in [-0.15, -0.1) is 0 Å². The van der Waals surface area contributed by atoms with Crippen LogP contribution in [0.25, 0.3) is 11.1 Å². The van der Waals surface area contributed by atoms with Crippen molar-refractivity contribution in [1.82, 2.24) is 0 Å². The zero-order valence-electron chi connectivity index (χ0n) is 12.8. The molecular formula is C19H22O2. The lowest BCUT2D eigenvalue weighted by atomic mass is 10.1. The van der Waals surface area contributed by atoms with Crippen molar-refractivity contribution < 1.29 is 9.47 Å². The summed E-state index contributed by atoms with van der Waals surface area (Å²) in [5.41, 5.74) is 5.34. The van der Waals surface area contributed by atoms with E-state index in [1.807, 2.05) is 0 Å². The van der Waals surface area contributed by atoms with Crippen LogP contribution in [0.3, 0.4) is 0 Å². The van der Waals surface area contributed by atoms with Crippen molar-refractivity contribution in [3.05, 3.63) is 47.5 Å². The molecule has 0 amide bonds. The molecule has 0 aliphatic heterocycles. The van der Waals surface area contributed by atoms with Crippen LogP contribution in [0.2, 0.25) is 0 Å². The molecule has 110 valence electrons. The second-order valence-corrected chi connectivity index (χ2v) is 5.51. The van der Waals surface area contributed by atoms with Gasteiger partial charge in [0, 0.05) is 0 Å². The van der Waals surface area contributed by atoms with E-state index >= 15 is 0 Å². The van der Waals surface area contributed by atoms with Crippen LogP contribution in [-0.4, -0.2) is 13.2 Å². The molecular weight excluding hydrogens is 260 g/mol. The zero-order valence-corrected chi connectivity index (χ0v) is 12.8. The van der Waals surface area contributed by atoms with Gasteiger partial charge in [0.2, 0.25) is 0 Å². The normalized spacial score (nSPS) is 11.9. The molecule has 0 radical (unpaired) electrons. The highest BCUT2D eigenvalue weighted by molar-refractivity contribution is 5.78. The average molecular weight is 282 g/mol. The Morgan fingerprint density at radius 3 is 1.67 bits per heavy atom. The molecule has 0 aromatic heterocycles. The van der Waals surface area contributed by atoms with E-state index in [1.165, 1.54) is 22.3 Å². The fourth-order valence-electron chi connectivity index (χ4n) is 2.75. The maximum atomic E-state index is 5.76. The van der Waals surface area contributed by atoms with Gasteiger partial charge in [-0.2, -0.15) is 0 Å². The fourth-order valence-corrected chi connectivity index (χ4v) is 2.75. The average Bonchev–Trinajstić information content (AvgIpc) is 2.88. The summed E-state index contributed by atoms with van der Waals surface area (Å²) in [7, 11) is 0. The Kier molecular flexibility index (Phi) is 4.14. The van der Waals surface area contributed by atoms with Crippen LogP contribution in [0.15, 0.2) is 36.4 Å². The first-order valence-corrected chi connectivity index (χ1v) is 7.83. The summed E-state index contributed by atoms with van der Waals surface area (Å²) in [6, 6.07) is 12.9. The fraction of sp³-hybridized carbons (Fsp3) is 0.368. The van der Waals surface area contributed by atoms with Crippen molar-refractivity contribution in [2.75, 3.05) is 13.2 Å². The Bertz CT molecular complexity index is 576. The van der Waals surface area contributed by atoms with Crippen molar-refractivity contribution in [3.8, 4) is 22.6 Å². The highest BCUT2D eigenvalue weighted by Crippen LogP contribution is 2.40. The number of ether oxygens (including phenoxy) is 2. The molecule has 0 atom stereocenters. The van der Waals surface area contributed by atoms with Crippen LogP contribution in [0.4, 0.5) is 0 Å². The van der Waals surface area contributed by atoms with E-state index < -0.39 is 0 Å². The van der Waals surface area contributed by atoms with E-state index in [9.17, 15) is 0 Å². The summed E-state index contributed by atoms with van der Waals surface area (Å²) in [4.78, 5) is 0. The first kappa shape index (κ1) is 14.0. The first-order valence-electron chi connectivity index (χ1n) is 7.83. The molecule has 0 bridgehead atoms. The molecule has 3 rings (SSSR count). The summed E-state index contributed by atoms with van der Waals surface area (Å²) >= 11 is 0. The lowest BCUT2D eigenvalue weighted by Gasteiger charge is -2.09. The van der Waals surface area contributed by atoms with Crippen LogP contribution in [0, 0.1) is 0 Å². The number of hydrogen-bond donors (Lipinski definition) is 0. The van der Waals surface area contributed by atoms with Gasteiger partial charge in [-0.25, -0.2) is 0 Å². The van der Waals surface area contributed by atoms with E-state index in [0.29, 0.717) is 0 Å². The number of benzene rings is 2. The molecule has 0 unspecified atom stereocenters. The predicted octanol–water partition coefficient (Wildman–Crippen LogP) is 4.84. The van der Waals surface area contributed by atoms with Gasteiger partial charge < -0.3 is 9.47 Å². The maximum Gasteiger partial charge on any atom is 0.119 e. The topological polar surface area (TPSA) is 18.5 Å². The Morgan fingerprint density at radius 1 is 0.762 bits per heavy atom. The minimum Gasteiger partial charge on any atom is -0.494 e. The quantitative estimate of drug-likeness (QED) is 0.644. The molecule has 1 aliphatic rings. The van der Waals surface area contributed by atoms with E-state index in [2.05, 4.69) is 50.2 Å².